The number of allylic oxidation sites excluding steroid dienone is 4. The number of quaternary nitrogens is 1. The Morgan fingerprint density at radius 1 is 0.493 bits per heavy atom. The van der Waals surface area contributed by atoms with E-state index in [1.165, 1.54) is 244 Å². The van der Waals surface area contributed by atoms with E-state index in [1.807, 2.05) is 21.1 Å². The molecule has 0 fully saturated rings. The van der Waals surface area contributed by atoms with Crippen molar-refractivity contribution in [1.29, 1.82) is 0 Å². The monoisotopic (exact) mass is 1020 g/mol. The van der Waals surface area contributed by atoms with Crippen LogP contribution in [-0.2, 0) is 18.4 Å². The number of hydrogen-bond acceptors (Lipinski definition) is 6. The third kappa shape index (κ3) is 56.5. The molecule has 0 aliphatic rings. The van der Waals surface area contributed by atoms with Gasteiger partial charge in [0.15, 0.2) is 0 Å². The molecule has 0 heterocycles. The summed E-state index contributed by atoms with van der Waals surface area (Å²) in [4.78, 5) is 25.6. The summed E-state index contributed by atoms with van der Waals surface area (Å²) in [5.74, 6) is -0.160. The minimum atomic E-state index is -4.57. The van der Waals surface area contributed by atoms with E-state index < -0.39 is 20.0 Å². The lowest BCUT2D eigenvalue weighted by atomic mass is 10.0. The Kier molecular flexibility index (Phi) is 53.0. The molecule has 0 aliphatic heterocycles. The third-order valence-corrected chi connectivity index (χ3v) is 15.4. The van der Waals surface area contributed by atoms with Crippen LogP contribution in [0.4, 0.5) is 0 Å². The molecular weight excluding hydrogens is 900 g/mol. The minimum Gasteiger partial charge on any atom is -0.756 e. The SMILES string of the molecule is CCCCCCCCCCC/C=C\C/C=C\CCCCCCCCCCCCCCCC(=O)NC(COP(=O)([O-])OCC[N+](C)(C)C)C(O)CCCCCCCCCCCCCCCCCCCCCC. The van der Waals surface area contributed by atoms with Crippen molar-refractivity contribution in [3.63, 3.8) is 0 Å². The summed E-state index contributed by atoms with van der Waals surface area (Å²) >= 11 is 0. The Morgan fingerprint density at radius 2 is 0.817 bits per heavy atom. The minimum absolute atomic E-state index is 0.0138. The molecule has 422 valence electrons. The van der Waals surface area contributed by atoms with Gasteiger partial charge in [-0.3, -0.25) is 9.36 Å². The summed E-state index contributed by atoms with van der Waals surface area (Å²) in [5, 5.41) is 14.1. The Bertz CT molecular complexity index is 1210. The maximum atomic E-state index is 13.0. The number of unbranched alkanes of at least 4 members (excludes halogenated alkanes) is 41. The number of phosphoric ester groups is 1. The van der Waals surface area contributed by atoms with Crippen LogP contribution in [0.2, 0.25) is 0 Å². The zero-order chi connectivity index (χ0) is 52.0. The van der Waals surface area contributed by atoms with Crippen LogP contribution in [0.15, 0.2) is 24.3 Å². The van der Waals surface area contributed by atoms with Gasteiger partial charge in [-0.15, -0.1) is 0 Å². The smallest absolute Gasteiger partial charge is 0.268 e. The topological polar surface area (TPSA) is 108 Å². The molecule has 0 aromatic rings. The van der Waals surface area contributed by atoms with Crippen LogP contribution in [0.25, 0.3) is 0 Å². The third-order valence-electron chi connectivity index (χ3n) is 14.4. The molecule has 0 aliphatic carbocycles. The van der Waals surface area contributed by atoms with Crippen LogP contribution in [0, 0.1) is 0 Å². The number of phosphoric acid groups is 1. The van der Waals surface area contributed by atoms with E-state index in [0.29, 0.717) is 23.9 Å². The molecule has 3 unspecified atom stereocenters. The number of hydrogen-bond donors (Lipinski definition) is 2. The first-order chi connectivity index (χ1) is 34.5. The number of aliphatic hydroxyl groups excluding tert-OH is 1. The highest BCUT2D eigenvalue weighted by molar-refractivity contribution is 7.45. The fraction of sp³-hybridized carbons (Fsp3) is 0.919. The molecule has 0 bridgehead atoms. The first-order valence-corrected chi connectivity index (χ1v) is 32.6. The molecule has 2 N–H and O–H groups in total. The summed E-state index contributed by atoms with van der Waals surface area (Å²) in [6, 6.07) is -0.800. The molecule has 71 heavy (non-hydrogen) atoms. The zero-order valence-electron chi connectivity index (χ0n) is 48.2. The summed E-state index contributed by atoms with van der Waals surface area (Å²) in [7, 11) is 1.32. The molecule has 0 radical (unpaired) electrons. The van der Waals surface area contributed by atoms with Gasteiger partial charge in [0.1, 0.15) is 13.2 Å². The maximum absolute atomic E-state index is 13.0. The van der Waals surface area contributed by atoms with Crippen molar-refractivity contribution in [1.82, 2.24) is 5.32 Å². The van der Waals surface area contributed by atoms with Gasteiger partial charge in [0.25, 0.3) is 7.82 Å². The number of carbonyl (C=O) groups is 1. The molecule has 1 amide bonds. The molecular formula is C62H123N2O6P. The second-order valence-corrected chi connectivity index (χ2v) is 24.2. The molecule has 0 saturated carbocycles. The van der Waals surface area contributed by atoms with Crippen molar-refractivity contribution in [3.05, 3.63) is 24.3 Å². The first kappa shape index (κ1) is 70.0. The van der Waals surface area contributed by atoms with Gasteiger partial charge >= 0.3 is 0 Å². The number of aliphatic hydroxyl groups is 1. The normalized spacial score (nSPS) is 14.0. The van der Waals surface area contributed by atoms with Crippen LogP contribution in [0.1, 0.15) is 316 Å². The Hall–Kier alpha value is -1.02. The Balaban J connectivity index is 4.08. The summed E-state index contributed by atoms with van der Waals surface area (Å²) in [6.45, 7) is 4.77. The lowest BCUT2D eigenvalue weighted by Crippen LogP contribution is -2.46. The molecule has 0 aromatic heterocycles. The van der Waals surface area contributed by atoms with Gasteiger partial charge in [0.05, 0.1) is 39.9 Å². The Labute approximate surface area is 443 Å². The standard InChI is InChI=1S/C62H123N2O6P/c1-6-8-10-12-14-16-18-20-22-24-26-28-29-30-31-32-33-34-35-36-38-40-42-44-46-48-50-52-54-56-62(66)63-60(59-70-71(67,68)69-58-57-64(3,4)5)61(65)55-53-51-49-47-45-43-41-39-37-27-25-23-21-19-17-15-13-11-9-7-2/h26,28,30-31,60-61,65H,6-25,27,29,32-59H2,1-5H3,(H-,63,66,67,68)/b28-26-,31-30-. The second kappa shape index (κ2) is 53.8. The fourth-order valence-electron chi connectivity index (χ4n) is 9.54. The van der Waals surface area contributed by atoms with Crippen molar-refractivity contribution in [2.75, 3.05) is 40.9 Å². The van der Waals surface area contributed by atoms with Crippen molar-refractivity contribution < 1.29 is 32.9 Å². The lowest BCUT2D eigenvalue weighted by Gasteiger charge is -2.30. The van der Waals surface area contributed by atoms with Gasteiger partial charge < -0.3 is 28.8 Å². The van der Waals surface area contributed by atoms with Crippen LogP contribution in [0.3, 0.4) is 0 Å². The summed E-state index contributed by atoms with van der Waals surface area (Å²) in [5.41, 5.74) is 0. The molecule has 3 atom stereocenters. The number of amides is 1. The lowest BCUT2D eigenvalue weighted by molar-refractivity contribution is -0.870. The number of likely N-dealkylation sites (N-methyl/N-ethyl adjacent to an activating group) is 1. The van der Waals surface area contributed by atoms with E-state index in [-0.39, 0.29) is 19.1 Å². The number of rotatable bonds is 58. The van der Waals surface area contributed by atoms with Crippen LogP contribution in [-0.4, -0.2) is 68.5 Å². The van der Waals surface area contributed by atoms with E-state index in [2.05, 4.69) is 43.5 Å². The predicted octanol–water partition coefficient (Wildman–Crippen LogP) is 18.5. The predicted molar refractivity (Wildman–Crippen MR) is 307 cm³/mol. The summed E-state index contributed by atoms with van der Waals surface area (Å²) in [6.07, 6.45) is 67.9. The quantitative estimate of drug-likeness (QED) is 0.0272. The average Bonchev–Trinajstić information content (AvgIpc) is 3.33. The van der Waals surface area contributed by atoms with Gasteiger partial charge in [-0.1, -0.05) is 289 Å². The molecule has 0 saturated heterocycles. The zero-order valence-corrected chi connectivity index (χ0v) is 49.1. The van der Waals surface area contributed by atoms with Crippen LogP contribution >= 0.6 is 7.82 Å². The average molecular weight is 1020 g/mol. The van der Waals surface area contributed by atoms with Gasteiger partial charge in [-0.2, -0.15) is 0 Å². The highest BCUT2D eigenvalue weighted by Gasteiger charge is 2.24. The van der Waals surface area contributed by atoms with Gasteiger partial charge in [-0.25, -0.2) is 0 Å². The fourth-order valence-corrected chi connectivity index (χ4v) is 10.3. The molecule has 8 nitrogen and oxygen atoms in total. The van der Waals surface area contributed by atoms with Crippen molar-refractivity contribution >= 4 is 13.7 Å². The van der Waals surface area contributed by atoms with Crippen molar-refractivity contribution in [2.45, 2.75) is 328 Å². The van der Waals surface area contributed by atoms with Crippen molar-refractivity contribution in [3.8, 4) is 0 Å². The van der Waals surface area contributed by atoms with E-state index in [4.69, 9.17) is 9.05 Å². The molecule has 0 rings (SSSR count). The van der Waals surface area contributed by atoms with E-state index >= 15 is 0 Å². The maximum Gasteiger partial charge on any atom is 0.268 e. The highest BCUT2D eigenvalue weighted by Crippen LogP contribution is 2.38. The number of nitrogens with one attached hydrogen (secondary N) is 1. The van der Waals surface area contributed by atoms with E-state index in [1.54, 1.807) is 0 Å². The van der Waals surface area contributed by atoms with Gasteiger partial charge in [0, 0.05) is 6.42 Å². The number of nitrogens with zero attached hydrogens (tertiary/aromatic N) is 1. The molecule has 0 spiro atoms. The second-order valence-electron chi connectivity index (χ2n) is 22.8. The number of carbonyl (C=O) groups excluding carboxylic acids is 1. The largest absolute Gasteiger partial charge is 0.756 e. The highest BCUT2D eigenvalue weighted by atomic mass is 31.2. The van der Waals surface area contributed by atoms with Crippen LogP contribution in [0.5, 0.6) is 0 Å². The molecule has 0 aromatic carbocycles. The van der Waals surface area contributed by atoms with E-state index in [0.717, 1.165) is 44.9 Å². The van der Waals surface area contributed by atoms with Gasteiger partial charge in [0.2, 0.25) is 5.91 Å². The first-order valence-electron chi connectivity index (χ1n) is 31.2. The van der Waals surface area contributed by atoms with Crippen LogP contribution < -0.4 is 10.2 Å². The summed E-state index contributed by atoms with van der Waals surface area (Å²) < 4.78 is 23.5. The Morgan fingerprint density at radius 3 is 1.17 bits per heavy atom. The van der Waals surface area contributed by atoms with Crippen molar-refractivity contribution in [2.24, 2.45) is 0 Å². The van der Waals surface area contributed by atoms with E-state index in [9.17, 15) is 19.4 Å². The molecule has 9 heteroatoms. The van der Waals surface area contributed by atoms with Gasteiger partial charge in [-0.05, 0) is 44.9 Å².